The van der Waals surface area contributed by atoms with Gasteiger partial charge in [0, 0.05) is 19.2 Å². The average Bonchev–Trinajstić information content (AvgIpc) is 2.85. The van der Waals surface area contributed by atoms with E-state index in [1.807, 2.05) is 73.5 Å². The zero-order chi connectivity index (χ0) is 18.9. The van der Waals surface area contributed by atoms with Gasteiger partial charge in [0.05, 0.1) is 0 Å². The highest BCUT2D eigenvalue weighted by Crippen LogP contribution is 2.34. The summed E-state index contributed by atoms with van der Waals surface area (Å²) in [7, 11) is -1.81. The minimum absolute atomic E-state index is 0.308. The zero-order valence-corrected chi connectivity index (χ0v) is 16.4. The molecule has 0 unspecified atom stereocenters. The molecule has 5 heteroatoms. The van der Waals surface area contributed by atoms with Crippen LogP contribution in [0.5, 0.6) is 0 Å². The van der Waals surface area contributed by atoms with Crippen molar-refractivity contribution in [2.24, 2.45) is 4.40 Å². The minimum Gasteiger partial charge on any atom is -0.354 e. The summed E-state index contributed by atoms with van der Waals surface area (Å²) in [5.41, 5.74) is 3.68. The Kier molecular flexibility index (Phi) is 5.01. The molecule has 0 radical (unpaired) electrons. The van der Waals surface area contributed by atoms with Crippen LogP contribution < -0.4 is 0 Å². The number of likely N-dealkylation sites (N-methyl/N-ethyl adjacent to an activating group) is 1. The third-order valence-corrected chi connectivity index (χ3v) is 6.08. The first-order valence-electron chi connectivity index (χ1n) is 8.71. The van der Waals surface area contributed by atoms with Gasteiger partial charge < -0.3 is 4.90 Å². The average molecular weight is 369 g/mol. The lowest BCUT2D eigenvalue weighted by atomic mass is 10.0. The monoisotopic (exact) mass is 368 g/mol. The number of rotatable bonds is 4. The van der Waals surface area contributed by atoms with E-state index in [1.165, 1.54) is 5.56 Å². The van der Waals surface area contributed by atoms with E-state index in [-0.39, 0.29) is 0 Å². The Labute approximate surface area is 155 Å². The van der Waals surface area contributed by atoms with E-state index in [2.05, 4.69) is 18.2 Å². The fourth-order valence-corrected chi connectivity index (χ4v) is 4.70. The fourth-order valence-electron chi connectivity index (χ4n) is 3.20. The molecular weight excluding hydrogens is 344 g/mol. The van der Waals surface area contributed by atoms with Crippen molar-refractivity contribution >= 4 is 20.8 Å². The highest BCUT2D eigenvalue weighted by atomic mass is 32.2. The molecule has 4 nitrogen and oxygen atoms in total. The van der Waals surface area contributed by atoms with Gasteiger partial charge in [-0.1, -0.05) is 68.4 Å². The summed E-state index contributed by atoms with van der Waals surface area (Å²) in [6.07, 6.45) is 0. The molecule has 136 valence electrons. The summed E-state index contributed by atoms with van der Waals surface area (Å²) < 4.78 is 29.4. The third kappa shape index (κ3) is 3.58. The second-order valence-electron chi connectivity index (χ2n) is 6.96. The van der Waals surface area contributed by atoms with Crippen LogP contribution >= 0.6 is 0 Å². The Morgan fingerprint density at radius 1 is 1.00 bits per heavy atom. The van der Waals surface area contributed by atoms with E-state index in [0.717, 1.165) is 5.56 Å². The van der Waals surface area contributed by atoms with Gasteiger partial charge in [0.1, 0.15) is 10.7 Å². The predicted molar refractivity (Wildman–Crippen MR) is 107 cm³/mol. The van der Waals surface area contributed by atoms with Gasteiger partial charge in [0.25, 0.3) is 10.0 Å². The lowest BCUT2D eigenvalue weighted by molar-refractivity contribution is 0.501. The molecule has 2 aromatic carbocycles. The number of sulfonamides is 1. The molecule has 26 heavy (non-hydrogen) atoms. The van der Waals surface area contributed by atoms with Gasteiger partial charge in [0.15, 0.2) is 0 Å². The Bertz CT molecular complexity index is 957. The van der Waals surface area contributed by atoms with Crippen LogP contribution in [0.3, 0.4) is 0 Å². The van der Waals surface area contributed by atoms with Gasteiger partial charge in [-0.15, -0.1) is 4.40 Å². The Morgan fingerprint density at radius 3 is 2.19 bits per heavy atom. The van der Waals surface area contributed by atoms with Gasteiger partial charge in [-0.05, 0) is 29.5 Å². The van der Waals surface area contributed by atoms with E-state index in [0.29, 0.717) is 34.3 Å². The van der Waals surface area contributed by atoms with E-state index >= 15 is 0 Å². The van der Waals surface area contributed by atoms with Crippen molar-refractivity contribution in [1.82, 2.24) is 4.90 Å². The quantitative estimate of drug-likeness (QED) is 0.803. The van der Waals surface area contributed by atoms with E-state index in [9.17, 15) is 8.42 Å². The molecule has 2 aromatic rings. The van der Waals surface area contributed by atoms with Crippen molar-refractivity contribution in [2.75, 3.05) is 7.05 Å². The molecule has 0 saturated heterocycles. The maximum absolute atomic E-state index is 12.7. The van der Waals surface area contributed by atoms with Crippen LogP contribution in [0.15, 0.2) is 64.6 Å². The first-order chi connectivity index (χ1) is 12.3. The predicted octanol–water partition coefficient (Wildman–Crippen LogP) is 4.41. The standard InChI is InChI=1S/C21H24N2O2S/c1-15(2)18-10-12-19(13-11-18)20-16(3)21(22-26(20,24)25)23(4)14-17-8-6-5-7-9-17/h5-13,15H,14H2,1-4H3. The summed E-state index contributed by atoms with van der Waals surface area (Å²) in [6.45, 7) is 6.67. The van der Waals surface area contributed by atoms with Crippen molar-refractivity contribution in [3.05, 3.63) is 76.9 Å². The summed E-state index contributed by atoms with van der Waals surface area (Å²) >= 11 is 0. The number of hydrogen-bond acceptors (Lipinski definition) is 3. The first-order valence-corrected chi connectivity index (χ1v) is 10.1. The van der Waals surface area contributed by atoms with Crippen LogP contribution in [0.1, 0.15) is 43.4 Å². The molecule has 0 aromatic heterocycles. The molecule has 0 N–H and O–H groups in total. The smallest absolute Gasteiger partial charge is 0.285 e. The molecule has 0 bridgehead atoms. The number of benzene rings is 2. The molecule has 0 saturated carbocycles. The van der Waals surface area contributed by atoms with Crippen LogP contribution in [0.2, 0.25) is 0 Å². The van der Waals surface area contributed by atoms with Crippen LogP contribution in [0, 0.1) is 0 Å². The lowest BCUT2D eigenvalue weighted by Gasteiger charge is -2.19. The zero-order valence-electron chi connectivity index (χ0n) is 15.6. The first kappa shape index (κ1) is 18.4. The second-order valence-corrected chi connectivity index (χ2v) is 8.50. The summed E-state index contributed by atoms with van der Waals surface area (Å²) in [6, 6.07) is 17.7. The molecule has 0 spiro atoms. The highest BCUT2D eigenvalue weighted by Gasteiger charge is 2.32. The lowest BCUT2D eigenvalue weighted by Crippen LogP contribution is -2.26. The maximum Gasteiger partial charge on any atom is 0.285 e. The summed E-state index contributed by atoms with van der Waals surface area (Å²) in [5, 5.41) is 0. The molecule has 0 amide bonds. The SMILES string of the molecule is CC1=C(c2ccc(C(C)C)cc2)S(=O)(=O)N=C1N(C)Cc1ccccc1. The fraction of sp³-hybridized carbons (Fsp3) is 0.286. The van der Waals surface area contributed by atoms with E-state index < -0.39 is 10.0 Å². The van der Waals surface area contributed by atoms with Gasteiger partial charge >= 0.3 is 0 Å². The molecule has 0 atom stereocenters. The highest BCUT2D eigenvalue weighted by molar-refractivity contribution is 8.00. The molecule has 1 aliphatic rings. The Balaban J connectivity index is 1.94. The van der Waals surface area contributed by atoms with Gasteiger partial charge in [0.2, 0.25) is 0 Å². The molecular formula is C21H24N2O2S. The topological polar surface area (TPSA) is 49.7 Å². The molecule has 3 rings (SSSR count). The molecule has 0 aliphatic carbocycles. The second kappa shape index (κ2) is 7.08. The Morgan fingerprint density at radius 2 is 1.62 bits per heavy atom. The van der Waals surface area contributed by atoms with Crippen molar-refractivity contribution in [2.45, 2.75) is 33.2 Å². The van der Waals surface area contributed by atoms with Crippen molar-refractivity contribution in [3.8, 4) is 0 Å². The number of hydrogen-bond donors (Lipinski definition) is 0. The van der Waals surface area contributed by atoms with Crippen molar-refractivity contribution < 1.29 is 8.42 Å². The van der Waals surface area contributed by atoms with Crippen LogP contribution in [-0.4, -0.2) is 26.2 Å². The molecule has 1 aliphatic heterocycles. The van der Waals surface area contributed by atoms with E-state index in [4.69, 9.17) is 0 Å². The number of nitrogens with zero attached hydrogens (tertiary/aromatic N) is 2. The Hall–Kier alpha value is -2.40. The van der Waals surface area contributed by atoms with Gasteiger partial charge in [-0.25, -0.2) is 0 Å². The number of amidine groups is 1. The van der Waals surface area contributed by atoms with Gasteiger partial charge in [-0.3, -0.25) is 0 Å². The normalized spacial score (nSPS) is 16.1. The van der Waals surface area contributed by atoms with Gasteiger partial charge in [-0.2, -0.15) is 8.42 Å². The maximum atomic E-state index is 12.7. The summed E-state index contributed by atoms with van der Waals surface area (Å²) in [5.74, 6) is 0.917. The van der Waals surface area contributed by atoms with Crippen molar-refractivity contribution in [3.63, 3.8) is 0 Å². The molecule has 0 fully saturated rings. The minimum atomic E-state index is -3.68. The third-order valence-electron chi connectivity index (χ3n) is 4.60. The summed E-state index contributed by atoms with van der Waals surface area (Å²) in [4.78, 5) is 2.19. The van der Waals surface area contributed by atoms with Crippen LogP contribution in [0.25, 0.3) is 4.91 Å². The van der Waals surface area contributed by atoms with E-state index in [1.54, 1.807) is 0 Å². The molecule has 1 heterocycles. The largest absolute Gasteiger partial charge is 0.354 e. The van der Waals surface area contributed by atoms with Crippen LogP contribution in [0.4, 0.5) is 0 Å². The van der Waals surface area contributed by atoms with Crippen LogP contribution in [-0.2, 0) is 16.6 Å². The van der Waals surface area contributed by atoms with Crippen molar-refractivity contribution in [1.29, 1.82) is 0 Å².